The number of halogens is 1. The van der Waals surface area contributed by atoms with E-state index in [1.165, 1.54) is 5.56 Å². The summed E-state index contributed by atoms with van der Waals surface area (Å²) in [5.41, 5.74) is 10.2. The van der Waals surface area contributed by atoms with Crippen molar-refractivity contribution in [1.82, 2.24) is 9.97 Å². The van der Waals surface area contributed by atoms with Crippen molar-refractivity contribution in [2.75, 3.05) is 23.3 Å². The number of nitrogens with zero attached hydrogens (tertiary/aromatic N) is 2. The lowest BCUT2D eigenvalue weighted by atomic mass is 9.97. The Kier molecular flexibility index (Phi) is 6.53. The van der Waals surface area contributed by atoms with Crippen LogP contribution in [-0.2, 0) is 4.79 Å². The Morgan fingerprint density at radius 2 is 2.12 bits per heavy atom. The summed E-state index contributed by atoms with van der Waals surface area (Å²) in [6, 6.07) is 0.185. The third-order valence-electron chi connectivity index (χ3n) is 4.88. The number of carbonyl (C=O) groups is 1. The molecular formula is C19H30ClN5O. The molecule has 4 N–H and O–H groups in total. The van der Waals surface area contributed by atoms with Crippen LogP contribution in [0.5, 0.6) is 0 Å². The van der Waals surface area contributed by atoms with E-state index >= 15 is 0 Å². The van der Waals surface area contributed by atoms with Crippen LogP contribution in [0.1, 0.15) is 52.0 Å². The molecule has 0 aromatic carbocycles. The van der Waals surface area contributed by atoms with E-state index in [1.807, 2.05) is 26.2 Å². The van der Waals surface area contributed by atoms with E-state index in [0.29, 0.717) is 5.92 Å². The first-order chi connectivity index (χ1) is 11.9. The number of fused-ring (bicyclic) bond motifs is 1. The highest BCUT2D eigenvalue weighted by molar-refractivity contribution is 6.07. The molecule has 144 valence electrons. The first-order valence-corrected chi connectivity index (χ1v) is 9.19. The molecule has 7 heteroatoms. The number of hydrogen-bond acceptors (Lipinski definition) is 4. The molecule has 0 radical (unpaired) electrons. The van der Waals surface area contributed by atoms with E-state index < -0.39 is 0 Å². The van der Waals surface area contributed by atoms with E-state index in [1.54, 1.807) is 0 Å². The minimum absolute atomic E-state index is 0. The van der Waals surface area contributed by atoms with Crippen LogP contribution in [-0.4, -0.2) is 35.0 Å². The molecular weight excluding hydrogens is 350 g/mol. The van der Waals surface area contributed by atoms with Crippen molar-refractivity contribution < 1.29 is 4.79 Å². The van der Waals surface area contributed by atoms with Gasteiger partial charge in [-0.25, -0.2) is 4.98 Å². The van der Waals surface area contributed by atoms with Crippen molar-refractivity contribution in [3.8, 4) is 0 Å². The highest BCUT2D eigenvalue weighted by atomic mass is 35.5. The predicted octanol–water partition coefficient (Wildman–Crippen LogP) is 3.63. The summed E-state index contributed by atoms with van der Waals surface area (Å²) >= 11 is 0. The van der Waals surface area contributed by atoms with Gasteiger partial charge in [-0.15, -0.1) is 12.4 Å². The molecule has 0 unspecified atom stereocenters. The highest BCUT2D eigenvalue weighted by Crippen LogP contribution is 2.39. The van der Waals surface area contributed by atoms with Gasteiger partial charge in [-0.1, -0.05) is 27.7 Å². The lowest BCUT2D eigenvalue weighted by Gasteiger charge is -2.35. The van der Waals surface area contributed by atoms with Crippen molar-refractivity contribution >= 4 is 40.7 Å². The molecule has 26 heavy (non-hydrogen) atoms. The lowest BCUT2D eigenvalue weighted by Crippen LogP contribution is -2.43. The summed E-state index contributed by atoms with van der Waals surface area (Å²) in [6.45, 7) is 9.96. The number of nitrogens with two attached hydrogens (primary N) is 1. The summed E-state index contributed by atoms with van der Waals surface area (Å²) in [6.07, 6.45) is 5.94. The predicted molar refractivity (Wildman–Crippen MR) is 110 cm³/mol. The molecule has 6 nitrogen and oxygen atoms in total. The molecule has 0 spiro atoms. The monoisotopic (exact) mass is 379 g/mol. The van der Waals surface area contributed by atoms with Crippen molar-refractivity contribution in [3.63, 3.8) is 0 Å². The fourth-order valence-electron chi connectivity index (χ4n) is 3.45. The maximum atomic E-state index is 12.2. The number of H-pyrrole nitrogens is 1. The van der Waals surface area contributed by atoms with Crippen LogP contribution in [0.15, 0.2) is 12.4 Å². The molecule has 0 bridgehead atoms. The van der Waals surface area contributed by atoms with E-state index in [2.05, 4.69) is 34.0 Å². The highest BCUT2D eigenvalue weighted by Gasteiger charge is 2.25. The van der Waals surface area contributed by atoms with Gasteiger partial charge in [0.2, 0.25) is 5.91 Å². The van der Waals surface area contributed by atoms with Gasteiger partial charge in [-0.05, 0) is 24.3 Å². The van der Waals surface area contributed by atoms with Crippen molar-refractivity contribution in [1.29, 1.82) is 0 Å². The fraction of sp³-hybridized carbons (Fsp3) is 0.579. The Morgan fingerprint density at radius 3 is 2.73 bits per heavy atom. The largest absolute Gasteiger partial charge is 0.369 e. The number of rotatable bonds is 4. The van der Waals surface area contributed by atoms with Gasteiger partial charge in [0.25, 0.3) is 0 Å². The summed E-state index contributed by atoms with van der Waals surface area (Å²) in [5.74, 6) is 0.281. The van der Waals surface area contributed by atoms with Crippen molar-refractivity contribution in [2.24, 2.45) is 11.7 Å². The van der Waals surface area contributed by atoms with Gasteiger partial charge in [0.1, 0.15) is 5.65 Å². The molecule has 1 aliphatic rings. The topological polar surface area (TPSA) is 87.0 Å². The van der Waals surface area contributed by atoms with Crippen molar-refractivity contribution in [3.05, 3.63) is 18.0 Å². The summed E-state index contributed by atoms with van der Waals surface area (Å²) in [7, 11) is 0. The molecule has 2 aromatic rings. The van der Waals surface area contributed by atoms with Crippen LogP contribution in [0.4, 0.5) is 11.4 Å². The molecule has 1 fully saturated rings. The number of pyridine rings is 1. The second-order valence-electron chi connectivity index (χ2n) is 7.64. The van der Waals surface area contributed by atoms with Gasteiger partial charge in [0, 0.05) is 37.4 Å². The number of anilines is 2. The zero-order valence-electron chi connectivity index (χ0n) is 16.0. The maximum Gasteiger partial charge on any atom is 0.226 e. The fourth-order valence-corrected chi connectivity index (χ4v) is 3.45. The number of aromatic nitrogens is 2. The van der Waals surface area contributed by atoms with Crippen LogP contribution < -0.4 is 16.0 Å². The molecule has 1 amide bonds. The smallest absolute Gasteiger partial charge is 0.226 e. The zero-order valence-corrected chi connectivity index (χ0v) is 16.8. The Morgan fingerprint density at radius 1 is 1.38 bits per heavy atom. The van der Waals surface area contributed by atoms with Gasteiger partial charge >= 0.3 is 0 Å². The van der Waals surface area contributed by atoms with Gasteiger partial charge < -0.3 is 20.9 Å². The van der Waals surface area contributed by atoms with Crippen LogP contribution in [0, 0.1) is 5.92 Å². The van der Waals surface area contributed by atoms with Crippen molar-refractivity contribution in [2.45, 2.75) is 52.5 Å². The molecule has 3 heterocycles. The molecule has 3 rings (SSSR count). The standard InChI is InChI=1S/C19H29N5O.ClH/c1-11(2)14-8-21-18-16(15(9-22-18)23-19(25)12(3)4)17(14)24-7-5-6-13(20)10-24;/h8-9,11-13H,5-7,10,20H2,1-4H3,(H,21,22)(H,23,25);1H/t13-;/m1./s1. The maximum absolute atomic E-state index is 12.2. The average Bonchev–Trinajstić information content (AvgIpc) is 2.96. The summed E-state index contributed by atoms with van der Waals surface area (Å²) < 4.78 is 0. The molecule has 1 atom stereocenters. The molecule has 1 aliphatic heterocycles. The first-order valence-electron chi connectivity index (χ1n) is 9.19. The van der Waals surface area contributed by atoms with Gasteiger partial charge in [0.15, 0.2) is 0 Å². The number of hydrogen-bond donors (Lipinski definition) is 3. The van der Waals surface area contributed by atoms with E-state index in [0.717, 1.165) is 48.3 Å². The SMILES string of the molecule is CC(C)C(=O)Nc1c[nH]c2ncc(C(C)C)c(N3CCC[C@@H](N)C3)c12.Cl. The number of amides is 1. The average molecular weight is 380 g/mol. The molecule has 1 saturated heterocycles. The van der Waals surface area contributed by atoms with Crippen LogP contribution in [0.25, 0.3) is 11.0 Å². The Balaban J connectivity index is 0.00000243. The number of piperidine rings is 1. The van der Waals surface area contributed by atoms with E-state index in [9.17, 15) is 4.79 Å². The minimum Gasteiger partial charge on any atom is -0.369 e. The third kappa shape index (κ3) is 3.96. The third-order valence-corrected chi connectivity index (χ3v) is 4.88. The quantitative estimate of drug-likeness (QED) is 0.756. The second kappa shape index (κ2) is 8.27. The Labute approximate surface area is 161 Å². The summed E-state index contributed by atoms with van der Waals surface area (Å²) in [4.78, 5) is 22.4. The minimum atomic E-state index is -0.0713. The van der Waals surface area contributed by atoms with E-state index in [-0.39, 0.29) is 30.3 Å². The Bertz CT molecular complexity index is 771. The lowest BCUT2D eigenvalue weighted by molar-refractivity contribution is -0.118. The van der Waals surface area contributed by atoms with Gasteiger partial charge in [0.05, 0.1) is 16.8 Å². The number of nitrogens with one attached hydrogen (secondary N) is 2. The van der Waals surface area contributed by atoms with Gasteiger partial charge in [-0.3, -0.25) is 4.79 Å². The molecule has 0 aliphatic carbocycles. The zero-order chi connectivity index (χ0) is 18.1. The summed E-state index contributed by atoms with van der Waals surface area (Å²) in [5, 5.41) is 4.05. The Hall–Kier alpha value is -1.79. The first kappa shape index (κ1) is 20.5. The molecule has 2 aromatic heterocycles. The number of aromatic amines is 1. The second-order valence-corrected chi connectivity index (χ2v) is 7.64. The van der Waals surface area contributed by atoms with E-state index in [4.69, 9.17) is 5.73 Å². The van der Waals surface area contributed by atoms with Crippen LogP contribution >= 0.6 is 12.4 Å². The number of carbonyl (C=O) groups excluding carboxylic acids is 1. The normalized spacial score (nSPS) is 17.7. The molecule has 0 saturated carbocycles. The van der Waals surface area contributed by atoms with Gasteiger partial charge in [-0.2, -0.15) is 0 Å². The van der Waals surface area contributed by atoms with Crippen LogP contribution in [0.3, 0.4) is 0 Å². The van der Waals surface area contributed by atoms with Crippen LogP contribution in [0.2, 0.25) is 0 Å².